The molecule has 1 aromatic heterocycles. The number of halogens is 1. The molecule has 0 fully saturated rings. The fourth-order valence-electron chi connectivity index (χ4n) is 1.56. The molecule has 1 aromatic carbocycles. The van der Waals surface area contributed by atoms with E-state index < -0.39 is 0 Å². The maximum atomic E-state index is 9.67. The number of phenols is 1. The van der Waals surface area contributed by atoms with Gasteiger partial charge in [0.25, 0.3) is 0 Å². The minimum Gasteiger partial charge on any atom is -0.507 e. The first-order valence-electron chi connectivity index (χ1n) is 4.87. The number of aryl methyl sites for hydroxylation is 2. The maximum Gasteiger partial charge on any atom is 0.160 e. The number of rotatable bonds is 1. The van der Waals surface area contributed by atoms with Gasteiger partial charge in [0, 0.05) is 11.8 Å². The van der Waals surface area contributed by atoms with E-state index in [0.717, 1.165) is 16.7 Å². The summed E-state index contributed by atoms with van der Waals surface area (Å²) in [6.07, 6.45) is 1.61. The van der Waals surface area contributed by atoms with Gasteiger partial charge in [-0.2, -0.15) is 0 Å². The summed E-state index contributed by atoms with van der Waals surface area (Å²) in [5, 5.41) is 10.1. The molecule has 0 aliphatic heterocycles. The fraction of sp³-hybridized carbons (Fsp3) is 0.167. The van der Waals surface area contributed by atoms with E-state index in [4.69, 9.17) is 11.6 Å². The van der Waals surface area contributed by atoms with Gasteiger partial charge >= 0.3 is 0 Å². The number of hydrogen-bond acceptors (Lipinski definition) is 3. The van der Waals surface area contributed by atoms with Gasteiger partial charge in [-0.05, 0) is 43.2 Å². The minimum atomic E-state index is 0.311. The summed E-state index contributed by atoms with van der Waals surface area (Å²) in [4.78, 5) is 8.27. The number of aromatic hydroxyl groups is 1. The predicted molar refractivity (Wildman–Crippen MR) is 63.6 cm³/mol. The Morgan fingerprint density at radius 2 is 1.81 bits per heavy atom. The Morgan fingerprint density at radius 1 is 1.19 bits per heavy atom. The molecule has 4 heteroatoms. The van der Waals surface area contributed by atoms with Crippen molar-refractivity contribution in [3.05, 3.63) is 40.7 Å². The Kier molecular flexibility index (Phi) is 2.79. The van der Waals surface area contributed by atoms with Crippen LogP contribution in [0.15, 0.2) is 24.4 Å². The second kappa shape index (κ2) is 4.10. The molecule has 0 saturated heterocycles. The zero-order valence-corrected chi connectivity index (χ0v) is 9.78. The van der Waals surface area contributed by atoms with Crippen molar-refractivity contribution in [3.8, 4) is 17.1 Å². The number of nitrogens with zero attached hydrogens (tertiary/aromatic N) is 2. The van der Waals surface area contributed by atoms with Crippen molar-refractivity contribution in [1.29, 1.82) is 0 Å². The van der Waals surface area contributed by atoms with Crippen LogP contribution in [-0.2, 0) is 0 Å². The highest BCUT2D eigenvalue weighted by atomic mass is 35.5. The molecule has 3 nitrogen and oxygen atoms in total. The lowest BCUT2D eigenvalue weighted by atomic mass is 10.1. The fourth-order valence-corrected chi connectivity index (χ4v) is 1.70. The lowest BCUT2D eigenvalue weighted by Gasteiger charge is -2.06. The molecule has 0 aliphatic carbocycles. The summed E-state index contributed by atoms with van der Waals surface area (Å²) in [5.41, 5.74) is 2.47. The maximum absolute atomic E-state index is 9.67. The van der Waals surface area contributed by atoms with Crippen LogP contribution in [0.5, 0.6) is 5.75 Å². The molecule has 1 N–H and O–H groups in total. The zero-order chi connectivity index (χ0) is 11.7. The number of aromatic nitrogens is 2. The molecule has 82 valence electrons. The topological polar surface area (TPSA) is 46.0 Å². The molecule has 0 radical (unpaired) electrons. The molecule has 0 spiro atoms. The lowest BCUT2D eigenvalue weighted by molar-refractivity contribution is 0.467. The van der Waals surface area contributed by atoms with Crippen LogP contribution in [0.25, 0.3) is 11.4 Å². The van der Waals surface area contributed by atoms with Gasteiger partial charge < -0.3 is 5.11 Å². The van der Waals surface area contributed by atoms with E-state index in [-0.39, 0.29) is 0 Å². The van der Waals surface area contributed by atoms with E-state index in [9.17, 15) is 5.11 Å². The van der Waals surface area contributed by atoms with Crippen molar-refractivity contribution >= 4 is 11.6 Å². The van der Waals surface area contributed by atoms with Gasteiger partial charge in [0.15, 0.2) is 5.82 Å². The Bertz CT molecular complexity index is 517. The first kappa shape index (κ1) is 10.9. The highest BCUT2D eigenvalue weighted by Gasteiger charge is 2.07. The average molecular weight is 235 g/mol. The van der Waals surface area contributed by atoms with Crippen molar-refractivity contribution in [1.82, 2.24) is 9.97 Å². The van der Waals surface area contributed by atoms with Crippen molar-refractivity contribution in [3.63, 3.8) is 0 Å². The van der Waals surface area contributed by atoms with Crippen molar-refractivity contribution in [2.75, 3.05) is 0 Å². The van der Waals surface area contributed by atoms with Gasteiger partial charge in [-0.15, -0.1) is 0 Å². The Balaban J connectivity index is 2.57. The van der Waals surface area contributed by atoms with Crippen molar-refractivity contribution in [2.24, 2.45) is 0 Å². The van der Waals surface area contributed by atoms with Gasteiger partial charge in [0.05, 0.1) is 0 Å². The van der Waals surface area contributed by atoms with Crippen LogP contribution in [0.3, 0.4) is 0 Å². The molecule has 1 heterocycles. The molecular weight excluding hydrogens is 224 g/mol. The average Bonchev–Trinajstić information content (AvgIpc) is 2.25. The van der Waals surface area contributed by atoms with Gasteiger partial charge in [0.1, 0.15) is 10.9 Å². The van der Waals surface area contributed by atoms with Crippen LogP contribution in [0.1, 0.15) is 11.1 Å². The van der Waals surface area contributed by atoms with Crippen LogP contribution in [-0.4, -0.2) is 15.1 Å². The van der Waals surface area contributed by atoms with E-state index in [1.54, 1.807) is 12.3 Å². The van der Waals surface area contributed by atoms with E-state index in [2.05, 4.69) is 9.97 Å². The molecule has 0 bridgehead atoms. The summed E-state index contributed by atoms with van der Waals surface area (Å²) >= 11 is 5.81. The molecule has 0 unspecified atom stereocenters. The number of benzene rings is 1. The van der Waals surface area contributed by atoms with Gasteiger partial charge in [-0.25, -0.2) is 9.97 Å². The minimum absolute atomic E-state index is 0.311. The van der Waals surface area contributed by atoms with E-state index in [0.29, 0.717) is 16.7 Å². The number of hydrogen-bond donors (Lipinski definition) is 1. The van der Waals surface area contributed by atoms with Gasteiger partial charge in [-0.3, -0.25) is 0 Å². The Hall–Kier alpha value is -1.61. The van der Waals surface area contributed by atoms with E-state index >= 15 is 0 Å². The first-order valence-corrected chi connectivity index (χ1v) is 5.25. The largest absolute Gasteiger partial charge is 0.507 e. The van der Waals surface area contributed by atoms with E-state index in [1.807, 2.05) is 26.0 Å². The summed E-state index contributed by atoms with van der Waals surface area (Å²) in [6.45, 7) is 3.69. The second-order valence-electron chi connectivity index (χ2n) is 3.66. The standard InChI is InChI=1S/C12H11ClN2O/c1-7-5-9(6-8(2)11(7)16)12-14-4-3-10(13)15-12/h3-6,16H,1-2H3. The second-order valence-corrected chi connectivity index (χ2v) is 4.05. The van der Waals surface area contributed by atoms with Crippen LogP contribution >= 0.6 is 11.6 Å². The summed E-state index contributed by atoms with van der Waals surface area (Å²) in [7, 11) is 0. The molecule has 0 aliphatic rings. The predicted octanol–water partition coefficient (Wildman–Crippen LogP) is 3.12. The summed E-state index contributed by atoms with van der Waals surface area (Å²) in [6, 6.07) is 5.31. The van der Waals surface area contributed by atoms with Crippen molar-refractivity contribution < 1.29 is 5.11 Å². The van der Waals surface area contributed by atoms with Gasteiger partial charge in [0.2, 0.25) is 0 Å². The molecule has 2 aromatic rings. The molecule has 0 amide bonds. The Labute approximate surface area is 98.8 Å². The number of phenolic OH excluding ortho intramolecular Hbond substituents is 1. The van der Waals surface area contributed by atoms with E-state index in [1.165, 1.54) is 0 Å². The first-order chi connectivity index (χ1) is 7.58. The van der Waals surface area contributed by atoms with Crippen LogP contribution in [0.2, 0.25) is 5.15 Å². The molecule has 2 rings (SSSR count). The Morgan fingerprint density at radius 3 is 2.38 bits per heavy atom. The third-order valence-corrected chi connectivity index (χ3v) is 2.58. The normalized spacial score (nSPS) is 10.4. The smallest absolute Gasteiger partial charge is 0.160 e. The third-order valence-electron chi connectivity index (χ3n) is 2.37. The molecule has 0 atom stereocenters. The highest BCUT2D eigenvalue weighted by Crippen LogP contribution is 2.27. The van der Waals surface area contributed by atoms with Gasteiger partial charge in [-0.1, -0.05) is 11.6 Å². The van der Waals surface area contributed by atoms with Crippen LogP contribution < -0.4 is 0 Å². The molecule has 0 saturated carbocycles. The van der Waals surface area contributed by atoms with Crippen LogP contribution in [0, 0.1) is 13.8 Å². The van der Waals surface area contributed by atoms with Crippen molar-refractivity contribution in [2.45, 2.75) is 13.8 Å². The quantitative estimate of drug-likeness (QED) is 0.772. The summed E-state index contributed by atoms with van der Waals surface area (Å²) in [5.74, 6) is 0.879. The molecule has 16 heavy (non-hydrogen) atoms. The zero-order valence-electron chi connectivity index (χ0n) is 9.03. The monoisotopic (exact) mass is 234 g/mol. The van der Waals surface area contributed by atoms with Crippen LogP contribution in [0.4, 0.5) is 0 Å². The molecular formula is C12H11ClN2O. The SMILES string of the molecule is Cc1cc(-c2nccc(Cl)n2)cc(C)c1O. The highest BCUT2D eigenvalue weighted by molar-refractivity contribution is 6.29. The summed E-state index contributed by atoms with van der Waals surface area (Å²) < 4.78 is 0. The lowest BCUT2D eigenvalue weighted by Crippen LogP contribution is -1.90. The third kappa shape index (κ3) is 1.99.